The molecule has 0 saturated carbocycles. The summed E-state index contributed by atoms with van der Waals surface area (Å²) in [7, 11) is 0. The minimum Gasteiger partial charge on any atom is -0.353 e. The van der Waals surface area contributed by atoms with Crippen LogP contribution in [-0.2, 0) is 9.59 Å². The van der Waals surface area contributed by atoms with E-state index in [1.54, 1.807) is 13.8 Å². The van der Waals surface area contributed by atoms with Crippen LogP contribution in [0.4, 0.5) is 5.69 Å². The predicted octanol–water partition coefficient (Wildman–Crippen LogP) is 3.30. The summed E-state index contributed by atoms with van der Waals surface area (Å²) in [5.74, 6) is -0.130. The van der Waals surface area contributed by atoms with Crippen LogP contribution in [-0.4, -0.2) is 17.9 Å². The van der Waals surface area contributed by atoms with E-state index in [1.807, 2.05) is 38.1 Å². The quantitative estimate of drug-likeness (QED) is 0.817. The fraction of sp³-hybridized carbons (Fsp3) is 0.529. The number of amides is 2. The van der Waals surface area contributed by atoms with Gasteiger partial charge in [-0.1, -0.05) is 26.0 Å². The largest absolute Gasteiger partial charge is 0.353 e. The van der Waals surface area contributed by atoms with E-state index in [0.29, 0.717) is 11.6 Å². The molecule has 0 aromatic heterocycles. The summed E-state index contributed by atoms with van der Waals surface area (Å²) < 4.78 is 0. The Morgan fingerprint density at radius 2 is 1.48 bits per heavy atom. The van der Waals surface area contributed by atoms with E-state index >= 15 is 0 Å². The highest BCUT2D eigenvalue weighted by molar-refractivity contribution is 6.09. The first-order valence-corrected chi connectivity index (χ1v) is 7.37. The topological polar surface area (TPSA) is 58.2 Å². The molecule has 0 unspecified atom stereocenters. The maximum atomic E-state index is 12.3. The predicted molar refractivity (Wildman–Crippen MR) is 86.2 cm³/mol. The standard InChI is InChI=1S/C17H26N2O2/c1-11(2)13-7-9-14(10-8-13)19-16(21)17(5,6)15(20)18-12(3)4/h7-12H,1-6H3,(H,18,20)(H,19,21). The number of benzene rings is 1. The molecule has 21 heavy (non-hydrogen) atoms. The van der Waals surface area contributed by atoms with E-state index in [0.717, 1.165) is 0 Å². The molecule has 1 aromatic carbocycles. The molecule has 1 rings (SSSR count). The Morgan fingerprint density at radius 1 is 0.952 bits per heavy atom. The van der Waals surface area contributed by atoms with Gasteiger partial charge in [0, 0.05) is 11.7 Å². The van der Waals surface area contributed by atoms with Gasteiger partial charge in [0.15, 0.2) is 0 Å². The molecule has 2 N–H and O–H groups in total. The van der Waals surface area contributed by atoms with Gasteiger partial charge in [0.1, 0.15) is 5.41 Å². The summed E-state index contributed by atoms with van der Waals surface area (Å²) >= 11 is 0. The average molecular weight is 290 g/mol. The molecule has 0 aliphatic heterocycles. The molecule has 0 heterocycles. The van der Waals surface area contributed by atoms with E-state index in [9.17, 15) is 9.59 Å². The van der Waals surface area contributed by atoms with Gasteiger partial charge < -0.3 is 10.6 Å². The first kappa shape index (κ1) is 17.2. The molecule has 2 amide bonds. The van der Waals surface area contributed by atoms with Crippen molar-refractivity contribution in [3.63, 3.8) is 0 Å². The number of hydrogen-bond donors (Lipinski definition) is 2. The van der Waals surface area contributed by atoms with Gasteiger partial charge in [-0.2, -0.15) is 0 Å². The number of rotatable bonds is 5. The van der Waals surface area contributed by atoms with Crippen LogP contribution in [0.25, 0.3) is 0 Å². The Labute approximate surface area is 127 Å². The molecule has 0 aliphatic rings. The first-order valence-electron chi connectivity index (χ1n) is 7.37. The second-order valence-corrected chi connectivity index (χ2v) is 6.48. The van der Waals surface area contributed by atoms with Crippen LogP contribution in [0.5, 0.6) is 0 Å². The third kappa shape index (κ3) is 4.59. The maximum Gasteiger partial charge on any atom is 0.239 e. The lowest BCUT2D eigenvalue weighted by Gasteiger charge is -2.24. The molecule has 0 saturated heterocycles. The third-order valence-corrected chi connectivity index (χ3v) is 3.39. The Morgan fingerprint density at radius 3 is 1.90 bits per heavy atom. The summed E-state index contributed by atoms with van der Waals surface area (Å²) in [6.45, 7) is 11.2. The molecular weight excluding hydrogens is 264 g/mol. The summed E-state index contributed by atoms with van der Waals surface area (Å²) in [5.41, 5.74) is 0.806. The molecule has 0 bridgehead atoms. The smallest absolute Gasteiger partial charge is 0.239 e. The second-order valence-electron chi connectivity index (χ2n) is 6.48. The zero-order valence-corrected chi connectivity index (χ0v) is 13.8. The van der Waals surface area contributed by atoms with Crippen molar-refractivity contribution in [2.45, 2.75) is 53.5 Å². The fourth-order valence-electron chi connectivity index (χ4n) is 1.78. The van der Waals surface area contributed by atoms with Crippen LogP contribution >= 0.6 is 0 Å². The summed E-state index contributed by atoms with van der Waals surface area (Å²) in [5, 5.41) is 5.58. The third-order valence-electron chi connectivity index (χ3n) is 3.39. The number of hydrogen-bond acceptors (Lipinski definition) is 2. The molecule has 0 aliphatic carbocycles. The summed E-state index contributed by atoms with van der Waals surface area (Å²) in [6, 6.07) is 7.71. The van der Waals surface area contributed by atoms with E-state index in [4.69, 9.17) is 0 Å². The van der Waals surface area contributed by atoms with Crippen LogP contribution in [0.1, 0.15) is 53.0 Å². The number of anilines is 1. The van der Waals surface area contributed by atoms with Gasteiger partial charge in [-0.25, -0.2) is 0 Å². The highest BCUT2D eigenvalue weighted by Crippen LogP contribution is 2.21. The van der Waals surface area contributed by atoms with Crippen molar-refractivity contribution in [1.29, 1.82) is 0 Å². The molecule has 1 aromatic rings. The van der Waals surface area contributed by atoms with Crippen LogP contribution in [0.3, 0.4) is 0 Å². The normalized spacial score (nSPS) is 11.6. The minimum atomic E-state index is -1.11. The lowest BCUT2D eigenvalue weighted by atomic mass is 9.90. The van der Waals surface area contributed by atoms with Crippen molar-refractivity contribution in [3.8, 4) is 0 Å². The average Bonchev–Trinajstić information content (AvgIpc) is 2.38. The van der Waals surface area contributed by atoms with Gasteiger partial charge in [0.25, 0.3) is 0 Å². The van der Waals surface area contributed by atoms with E-state index in [1.165, 1.54) is 5.56 Å². The number of carbonyl (C=O) groups excluding carboxylic acids is 2. The highest BCUT2D eigenvalue weighted by Gasteiger charge is 2.36. The fourth-order valence-corrected chi connectivity index (χ4v) is 1.78. The molecule has 0 spiro atoms. The highest BCUT2D eigenvalue weighted by atomic mass is 16.2. The molecule has 116 valence electrons. The van der Waals surface area contributed by atoms with Crippen molar-refractivity contribution in [1.82, 2.24) is 5.32 Å². The van der Waals surface area contributed by atoms with Crippen molar-refractivity contribution < 1.29 is 9.59 Å². The van der Waals surface area contributed by atoms with E-state index in [2.05, 4.69) is 24.5 Å². The maximum absolute atomic E-state index is 12.3. The minimum absolute atomic E-state index is 0.00917. The molecule has 4 nitrogen and oxygen atoms in total. The molecule has 0 atom stereocenters. The Balaban J connectivity index is 2.77. The molecule has 0 fully saturated rings. The SMILES string of the molecule is CC(C)NC(=O)C(C)(C)C(=O)Nc1ccc(C(C)C)cc1. The van der Waals surface area contributed by atoms with Crippen molar-refractivity contribution in [2.24, 2.45) is 5.41 Å². The molecule has 0 radical (unpaired) electrons. The summed E-state index contributed by atoms with van der Waals surface area (Å²) in [6.07, 6.45) is 0. The van der Waals surface area contributed by atoms with Crippen molar-refractivity contribution in [2.75, 3.05) is 5.32 Å². The van der Waals surface area contributed by atoms with Gasteiger partial charge in [0.05, 0.1) is 0 Å². The number of carbonyl (C=O) groups is 2. The molecule has 4 heteroatoms. The van der Waals surface area contributed by atoms with Crippen LogP contribution in [0.15, 0.2) is 24.3 Å². The second kappa shape index (κ2) is 6.74. The van der Waals surface area contributed by atoms with Gasteiger partial charge >= 0.3 is 0 Å². The summed E-state index contributed by atoms with van der Waals surface area (Å²) in [4.78, 5) is 24.4. The Hall–Kier alpha value is -1.84. The van der Waals surface area contributed by atoms with E-state index < -0.39 is 5.41 Å². The Bertz CT molecular complexity index is 502. The van der Waals surface area contributed by atoms with Crippen LogP contribution < -0.4 is 10.6 Å². The monoisotopic (exact) mass is 290 g/mol. The zero-order valence-electron chi connectivity index (χ0n) is 13.8. The van der Waals surface area contributed by atoms with Crippen LogP contribution in [0.2, 0.25) is 0 Å². The van der Waals surface area contributed by atoms with Gasteiger partial charge in [0.2, 0.25) is 11.8 Å². The first-order chi connectivity index (χ1) is 9.64. The van der Waals surface area contributed by atoms with Gasteiger partial charge in [-0.3, -0.25) is 9.59 Å². The van der Waals surface area contributed by atoms with Gasteiger partial charge in [-0.15, -0.1) is 0 Å². The van der Waals surface area contributed by atoms with Gasteiger partial charge in [-0.05, 0) is 51.3 Å². The lowest BCUT2D eigenvalue weighted by Crippen LogP contribution is -2.47. The van der Waals surface area contributed by atoms with Crippen molar-refractivity contribution in [3.05, 3.63) is 29.8 Å². The van der Waals surface area contributed by atoms with Crippen LogP contribution in [0, 0.1) is 5.41 Å². The Kier molecular flexibility index (Phi) is 5.53. The zero-order chi connectivity index (χ0) is 16.2. The van der Waals surface area contributed by atoms with E-state index in [-0.39, 0.29) is 17.9 Å². The molecular formula is C17H26N2O2. The number of nitrogens with one attached hydrogen (secondary N) is 2. The van der Waals surface area contributed by atoms with Crippen molar-refractivity contribution >= 4 is 17.5 Å². The lowest BCUT2D eigenvalue weighted by molar-refractivity contribution is -0.138.